The highest BCUT2D eigenvalue weighted by atomic mass is 35.5. The molecule has 2 rings (SSSR count). The molecule has 1 N–H and O–H groups in total. The molecule has 0 saturated heterocycles. The summed E-state index contributed by atoms with van der Waals surface area (Å²) in [4.78, 5) is 12.1. The number of benzene rings is 1. The van der Waals surface area contributed by atoms with Crippen LogP contribution in [0.4, 0.5) is 0 Å². The molecule has 1 amide bonds. The monoisotopic (exact) mass is 371 g/mol. The van der Waals surface area contributed by atoms with Crippen molar-refractivity contribution < 1.29 is 9.53 Å². The molecule has 0 saturated carbocycles. The van der Waals surface area contributed by atoms with Crippen molar-refractivity contribution in [3.63, 3.8) is 0 Å². The third-order valence-electron chi connectivity index (χ3n) is 3.26. The van der Waals surface area contributed by atoms with Crippen LogP contribution in [-0.4, -0.2) is 38.8 Å². The first kappa shape index (κ1) is 18.5. The molecule has 1 aromatic heterocycles. The molecule has 24 heavy (non-hydrogen) atoms. The second-order valence-corrected chi connectivity index (χ2v) is 6.35. The second-order valence-electron chi connectivity index (χ2n) is 5.51. The lowest BCUT2D eigenvalue weighted by atomic mass is 10.3. The Kier molecular flexibility index (Phi) is 6.39. The van der Waals surface area contributed by atoms with E-state index in [1.165, 1.54) is 0 Å². The third-order valence-corrected chi connectivity index (χ3v) is 3.80. The van der Waals surface area contributed by atoms with Gasteiger partial charge < -0.3 is 10.1 Å². The molecule has 2 aromatic rings. The van der Waals surface area contributed by atoms with Crippen LogP contribution in [0.15, 0.2) is 18.2 Å². The van der Waals surface area contributed by atoms with E-state index in [1.807, 2.05) is 13.8 Å². The number of tetrazole rings is 1. The van der Waals surface area contributed by atoms with Crippen molar-refractivity contribution in [2.24, 2.45) is 0 Å². The van der Waals surface area contributed by atoms with Gasteiger partial charge in [0.1, 0.15) is 5.75 Å². The van der Waals surface area contributed by atoms with Gasteiger partial charge in [0, 0.05) is 18.0 Å². The van der Waals surface area contributed by atoms with Crippen molar-refractivity contribution in [1.29, 1.82) is 0 Å². The summed E-state index contributed by atoms with van der Waals surface area (Å²) in [5.41, 5.74) is 0. The van der Waals surface area contributed by atoms with Crippen molar-refractivity contribution in [1.82, 2.24) is 25.5 Å². The number of carbonyl (C=O) groups excluding carboxylic acids is 1. The van der Waals surface area contributed by atoms with E-state index in [0.29, 0.717) is 28.8 Å². The van der Waals surface area contributed by atoms with Crippen molar-refractivity contribution in [3.05, 3.63) is 34.1 Å². The average molecular weight is 372 g/mol. The van der Waals surface area contributed by atoms with Crippen LogP contribution in [0.1, 0.15) is 32.6 Å². The predicted molar refractivity (Wildman–Crippen MR) is 91.5 cm³/mol. The van der Waals surface area contributed by atoms with E-state index in [4.69, 9.17) is 27.9 Å². The Hall–Kier alpha value is -1.86. The van der Waals surface area contributed by atoms with E-state index in [1.54, 1.807) is 29.8 Å². The van der Waals surface area contributed by atoms with Crippen LogP contribution in [0.5, 0.6) is 5.75 Å². The van der Waals surface area contributed by atoms with Crippen LogP contribution in [0.25, 0.3) is 0 Å². The molecule has 1 heterocycles. The zero-order valence-corrected chi connectivity index (χ0v) is 15.2. The number of ether oxygens (including phenoxy) is 1. The smallest absolute Gasteiger partial charge is 0.260 e. The van der Waals surface area contributed by atoms with E-state index < -0.39 is 6.10 Å². The molecule has 0 spiro atoms. The van der Waals surface area contributed by atoms with Crippen LogP contribution in [-0.2, 0) is 11.2 Å². The molecule has 0 aliphatic carbocycles. The van der Waals surface area contributed by atoms with Gasteiger partial charge in [0.25, 0.3) is 5.91 Å². The fourth-order valence-electron chi connectivity index (χ4n) is 2.03. The van der Waals surface area contributed by atoms with E-state index in [-0.39, 0.29) is 11.9 Å². The zero-order valence-electron chi connectivity index (χ0n) is 13.7. The van der Waals surface area contributed by atoms with Gasteiger partial charge in [0.15, 0.2) is 11.9 Å². The molecule has 9 heteroatoms. The van der Waals surface area contributed by atoms with Crippen molar-refractivity contribution >= 4 is 29.1 Å². The van der Waals surface area contributed by atoms with Gasteiger partial charge in [-0.2, -0.15) is 0 Å². The SMILES string of the molecule is CC(Oc1ccc(Cl)cc1Cl)C(=O)NCCc1nnnn1C(C)C. The number of halogens is 2. The van der Waals surface area contributed by atoms with Gasteiger partial charge in [-0.05, 0) is 49.4 Å². The van der Waals surface area contributed by atoms with Gasteiger partial charge >= 0.3 is 0 Å². The minimum absolute atomic E-state index is 0.167. The summed E-state index contributed by atoms with van der Waals surface area (Å²) < 4.78 is 7.29. The summed E-state index contributed by atoms with van der Waals surface area (Å²) in [5.74, 6) is 0.886. The van der Waals surface area contributed by atoms with Crippen LogP contribution >= 0.6 is 23.2 Å². The normalized spacial score (nSPS) is 12.2. The lowest BCUT2D eigenvalue weighted by Crippen LogP contribution is -2.37. The molecule has 0 bridgehead atoms. The largest absolute Gasteiger partial charge is 0.479 e. The maximum atomic E-state index is 12.1. The minimum atomic E-state index is -0.690. The first-order valence-electron chi connectivity index (χ1n) is 7.54. The Morgan fingerprint density at radius 1 is 1.33 bits per heavy atom. The fourth-order valence-corrected chi connectivity index (χ4v) is 2.49. The van der Waals surface area contributed by atoms with Gasteiger partial charge in [0.2, 0.25) is 0 Å². The first-order chi connectivity index (χ1) is 11.4. The number of rotatable bonds is 7. The summed E-state index contributed by atoms with van der Waals surface area (Å²) in [6, 6.07) is 5.01. The van der Waals surface area contributed by atoms with Gasteiger partial charge in [-0.25, -0.2) is 4.68 Å². The number of nitrogens with zero attached hydrogens (tertiary/aromatic N) is 4. The predicted octanol–water partition coefficient (Wildman–Crippen LogP) is 2.69. The Morgan fingerprint density at radius 3 is 2.75 bits per heavy atom. The molecule has 0 radical (unpaired) electrons. The summed E-state index contributed by atoms with van der Waals surface area (Å²) >= 11 is 11.9. The van der Waals surface area contributed by atoms with Crippen molar-refractivity contribution in [2.45, 2.75) is 39.3 Å². The molecule has 0 aliphatic rings. The zero-order chi connectivity index (χ0) is 17.7. The highest BCUT2D eigenvalue weighted by Gasteiger charge is 2.16. The Labute approximate surface area is 150 Å². The topological polar surface area (TPSA) is 81.9 Å². The quantitative estimate of drug-likeness (QED) is 0.808. The van der Waals surface area contributed by atoms with E-state index >= 15 is 0 Å². The van der Waals surface area contributed by atoms with Crippen LogP contribution in [0.2, 0.25) is 10.0 Å². The number of hydrogen-bond donors (Lipinski definition) is 1. The molecule has 130 valence electrons. The van der Waals surface area contributed by atoms with Gasteiger partial charge in [-0.1, -0.05) is 23.2 Å². The van der Waals surface area contributed by atoms with E-state index in [2.05, 4.69) is 20.8 Å². The number of amides is 1. The van der Waals surface area contributed by atoms with Gasteiger partial charge in [-0.15, -0.1) is 5.10 Å². The maximum absolute atomic E-state index is 12.1. The summed E-state index contributed by atoms with van der Waals surface area (Å²) in [5, 5.41) is 15.2. The Balaban J connectivity index is 1.84. The molecule has 1 aromatic carbocycles. The highest BCUT2D eigenvalue weighted by molar-refractivity contribution is 6.35. The first-order valence-corrected chi connectivity index (χ1v) is 8.30. The van der Waals surface area contributed by atoms with Crippen molar-refractivity contribution in [3.8, 4) is 5.75 Å². The Morgan fingerprint density at radius 2 is 2.08 bits per heavy atom. The van der Waals surface area contributed by atoms with Crippen LogP contribution in [0, 0.1) is 0 Å². The summed E-state index contributed by atoms with van der Waals surface area (Å²) in [6.45, 7) is 6.04. The van der Waals surface area contributed by atoms with E-state index in [9.17, 15) is 4.79 Å². The number of carbonyl (C=O) groups is 1. The third kappa shape index (κ3) is 4.82. The fraction of sp³-hybridized carbons (Fsp3) is 0.467. The van der Waals surface area contributed by atoms with Crippen molar-refractivity contribution in [2.75, 3.05) is 6.54 Å². The number of nitrogens with one attached hydrogen (secondary N) is 1. The maximum Gasteiger partial charge on any atom is 0.260 e. The molecule has 1 atom stereocenters. The highest BCUT2D eigenvalue weighted by Crippen LogP contribution is 2.28. The van der Waals surface area contributed by atoms with Gasteiger partial charge in [0.05, 0.1) is 11.1 Å². The Bertz CT molecular complexity index is 705. The van der Waals surface area contributed by atoms with E-state index in [0.717, 1.165) is 5.82 Å². The lowest BCUT2D eigenvalue weighted by molar-refractivity contribution is -0.127. The number of hydrogen-bond acceptors (Lipinski definition) is 5. The average Bonchev–Trinajstić information content (AvgIpc) is 2.98. The molecule has 7 nitrogen and oxygen atoms in total. The number of aromatic nitrogens is 4. The minimum Gasteiger partial charge on any atom is -0.479 e. The lowest BCUT2D eigenvalue weighted by Gasteiger charge is -2.16. The molecular formula is C15H19Cl2N5O2. The van der Waals surface area contributed by atoms with Gasteiger partial charge in [-0.3, -0.25) is 4.79 Å². The molecular weight excluding hydrogens is 353 g/mol. The molecule has 1 unspecified atom stereocenters. The summed E-state index contributed by atoms with van der Waals surface area (Å²) in [6.07, 6.45) is -0.157. The standard InChI is InChI=1S/C15H19Cl2N5O2/c1-9(2)22-14(19-20-21-22)6-7-18-15(23)10(3)24-13-5-4-11(16)8-12(13)17/h4-5,8-10H,6-7H2,1-3H3,(H,18,23). The van der Waals surface area contributed by atoms with Crippen LogP contribution in [0.3, 0.4) is 0 Å². The molecule has 0 aliphatic heterocycles. The second kappa shape index (κ2) is 8.30. The summed E-state index contributed by atoms with van der Waals surface area (Å²) in [7, 11) is 0. The molecule has 0 fully saturated rings. The van der Waals surface area contributed by atoms with Crippen LogP contribution < -0.4 is 10.1 Å².